The standard InChI is InChI=1S/C12H13N3O3/c1-7-10(8(2)17-14-7)11-13-12(18-15-11)9-4-3-5-16-6-9/h4H,3,5-6H2,1-2H3. The molecule has 3 rings (SSSR count). The van der Waals surface area contributed by atoms with Gasteiger partial charge in [0.1, 0.15) is 5.76 Å². The second-order valence-corrected chi connectivity index (χ2v) is 4.19. The Labute approximate surface area is 104 Å². The van der Waals surface area contributed by atoms with Crippen molar-refractivity contribution < 1.29 is 13.8 Å². The van der Waals surface area contributed by atoms with Crippen molar-refractivity contribution in [3.8, 4) is 11.4 Å². The molecule has 0 N–H and O–H groups in total. The van der Waals surface area contributed by atoms with Gasteiger partial charge in [-0.05, 0) is 20.3 Å². The molecule has 0 saturated carbocycles. The third kappa shape index (κ3) is 1.84. The van der Waals surface area contributed by atoms with Crippen molar-refractivity contribution in [3.63, 3.8) is 0 Å². The second-order valence-electron chi connectivity index (χ2n) is 4.19. The van der Waals surface area contributed by atoms with E-state index in [2.05, 4.69) is 21.4 Å². The van der Waals surface area contributed by atoms with Gasteiger partial charge in [0.25, 0.3) is 5.89 Å². The Morgan fingerprint density at radius 2 is 2.06 bits per heavy atom. The quantitative estimate of drug-likeness (QED) is 0.809. The molecule has 0 atom stereocenters. The zero-order valence-corrected chi connectivity index (χ0v) is 10.3. The number of aromatic nitrogens is 3. The predicted molar refractivity (Wildman–Crippen MR) is 62.7 cm³/mol. The molecule has 1 aliphatic heterocycles. The van der Waals surface area contributed by atoms with Crippen LogP contribution in [0.15, 0.2) is 15.1 Å². The molecule has 6 nitrogen and oxygen atoms in total. The molecule has 1 aliphatic rings. The number of aryl methyl sites for hydroxylation is 2. The molecule has 0 amide bonds. The van der Waals surface area contributed by atoms with Gasteiger partial charge in [0, 0.05) is 5.57 Å². The van der Waals surface area contributed by atoms with Crippen LogP contribution in [-0.4, -0.2) is 28.5 Å². The number of rotatable bonds is 2. The van der Waals surface area contributed by atoms with Crippen LogP contribution < -0.4 is 0 Å². The lowest BCUT2D eigenvalue weighted by Crippen LogP contribution is -2.05. The normalized spacial score (nSPS) is 15.8. The van der Waals surface area contributed by atoms with E-state index >= 15 is 0 Å². The van der Waals surface area contributed by atoms with Gasteiger partial charge in [-0.3, -0.25) is 0 Å². The molecule has 2 aromatic heterocycles. The summed E-state index contributed by atoms with van der Waals surface area (Å²) in [5.41, 5.74) is 2.49. The van der Waals surface area contributed by atoms with Gasteiger partial charge >= 0.3 is 0 Å². The Morgan fingerprint density at radius 3 is 2.72 bits per heavy atom. The van der Waals surface area contributed by atoms with Crippen molar-refractivity contribution in [2.45, 2.75) is 20.3 Å². The highest BCUT2D eigenvalue weighted by Gasteiger charge is 2.20. The molecular weight excluding hydrogens is 234 g/mol. The van der Waals surface area contributed by atoms with Crippen LogP contribution in [0.4, 0.5) is 0 Å². The van der Waals surface area contributed by atoms with Crippen LogP contribution in [0.5, 0.6) is 0 Å². The monoisotopic (exact) mass is 247 g/mol. The van der Waals surface area contributed by atoms with Crippen LogP contribution in [0.1, 0.15) is 23.8 Å². The molecule has 2 aromatic rings. The molecule has 6 heteroatoms. The molecule has 3 heterocycles. The van der Waals surface area contributed by atoms with E-state index in [4.69, 9.17) is 13.8 Å². The molecule has 18 heavy (non-hydrogen) atoms. The van der Waals surface area contributed by atoms with Gasteiger partial charge in [-0.25, -0.2) is 0 Å². The van der Waals surface area contributed by atoms with Crippen molar-refractivity contribution >= 4 is 5.57 Å². The lowest BCUT2D eigenvalue weighted by atomic mass is 10.2. The molecule has 94 valence electrons. The smallest absolute Gasteiger partial charge is 0.256 e. The molecule has 0 unspecified atom stereocenters. The van der Waals surface area contributed by atoms with E-state index in [-0.39, 0.29) is 0 Å². The summed E-state index contributed by atoms with van der Waals surface area (Å²) in [7, 11) is 0. The SMILES string of the molecule is Cc1noc(C)c1-c1noc(C2=CCCOC2)n1. The Balaban J connectivity index is 1.97. The summed E-state index contributed by atoms with van der Waals surface area (Å²) in [6, 6.07) is 0. The number of ether oxygens (including phenoxy) is 1. The maximum atomic E-state index is 5.36. The molecule has 0 fully saturated rings. The summed E-state index contributed by atoms with van der Waals surface area (Å²) in [6.07, 6.45) is 2.94. The summed E-state index contributed by atoms with van der Waals surface area (Å²) in [5, 5.41) is 7.85. The van der Waals surface area contributed by atoms with E-state index < -0.39 is 0 Å². The van der Waals surface area contributed by atoms with Crippen LogP contribution in [0.25, 0.3) is 17.0 Å². The van der Waals surface area contributed by atoms with E-state index in [1.807, 2.05) is 13.8 Å². The lowest BCUT2D eigenvalue weighted by Gasteiger charge is -2.09. The zero-order chi connectivity index (χ0) is 12.5. The van der Waals surface area contributed by atoms with E-state index in [1.54, 1.807) is 0 Å². The largest absolute Gasteiger partial charge is 0.376 e. The molecular formula is C12H13N3O3. The van der Waals surface area contributed by atoms with Crippen LogP contribution >= 0.6 is 0 Å². The highest BCUT2D eigenvalue weighted by atomic mass is 16.5. The van der Waals surface area contributed by atoms with Gasteiger partial charge < -0.3 is 13.8 Å². The van der Waals surface area contributed by atoms with Crippen LogP contribution in [-0.2, 0) is 4.74 Å². The zero-order valence-electron chi connectivity index (χ0n) is 10.3. The van der Waals surface area contributed by atoms with Crippen molar-refractivity contribution in [1.29, 1.82) is 0 Å². The van der Waals surface area contributed by atoms with Gasteiger partial charge in [-0.1, -0.05) is 16.4 Å². The summed E-state index contributed by atoms with van der Waals surface area (Å²) < 4.78 is 15.7. The fraction of sp³-hybridized carbons (Fsp3) is 0.417. The fourth-order valence-corrected chi connectivity index (χ4v) is 1.96. The highest BCUT2D eigenvalue weighted by molar-refractivity contribution is 5.64. The van der Waals surface area contributed by atoms with E-state index in [1.165, 1.54) is 0 Å². The summed E-state index contributed by atoms with van der Waals surface area (Å²) in [6.45, 7) is 4.94. The Kier molecular flexibility index (Phi) is 2.71. The third-order valence-corrected chi connectivity index (χ3v) is 2.87. The van der Waals surface area contributed by atoms with Gasteiger partial charge in [-0.15, -0.1) is 0 Å². The van der Waals surface area contributed by atoms with Crippen LogP contribution in [0, 0.1) is 13.8 Å². The van der Waals surface area contributed by atoms with Gasteiger partial charge in [0.2, 0.25) is 5.82 Å². The van der Waals surface area contributed by atoms with Crippen LogP contribution in [0.3, 0.4) is 0 Å². The molecule has 0 saturated heterocycles. The number of nitrogens with zero attached hydrogens (tertiary/aromatic N) is 3. The summed E-state index contributed by atoms with van der Waals surface area (Å²) in [5.74, 6) is 1.70. The molecule has 0 radical (unpaired) electrons. The number of hydrogen-bond acceptors (Lipinski definition) is 6. The Hall–Kier alpha value is -1.95. The van der Waals surface area contributed by atoms with Crippen molar-refractivity contribution in [3.05, 3.63) is 23.4 Å². The van der Waals surface area contributed by atoms with Crippen molar-refractivity contribution in [2.24, 2.45) is 0 Å². The summed E-state index contributed by atoms with van der Waals surface area (Å²) in [4.78, 5) is 4.37. The first-order valence-corrected chi connectivity index (χ1v) is 5.80. The maximum absolute atomic E-state index is 5.36. The molecule has 0 aliphatic carbocycles. The van der Waals surface area contributed by atoms with Gasteiger partial charge in [0.15, 0.2) is 0 Å². The Morgan fingerprint density at radius 1 is 1.17 bits per heavy atom. The Bertz CT molecular complexity index is 578. The predicted octanol–water partition coefficient (Wildman–Crippen LogP) is 2.15. The average molecular weight is 247 g/mol. The first kappa shape index (κ1) is 11.2. The maximum Gasteiger partial charge on any atom is 0.256 e. The minimum absolute atomic E-state index is 0.504. The third-order valence-electron chi connectivity index (χ3n) is 2.87. The van der Waals surface area contributed by atoms with E-state index in [0.29, 0.717) is 24.1 Å². The molecule has 0 aromatic carbocycles. The van der Waals surface area contributed by atoms with Crippen molar-refractivity contribution in [2.75, 3.05) is 13.2 Å². The minimum Gasteiger partial charge on any atom is -0.376 e. The number of hydrogen-bond donors (Lipinski definition) is 0. The first-order valence-electron chi connectivity index (χ1n) is 5.80. The average Bonchev–Trinajstić information content (AvgIpc) is 2.98. The highest BCUT2D eigenvalue weighted by Crippen LogP contribution is 2.26. The topological polar surface area (TPSA) is 74.2 Å². The van der Waals surface area contributed by atoms with Crippen LogP contribution in [0.2, 0.25) is 0 Å². The fourth-order valence-electron chi connectivity index (χ4n) is 1.96. The first-order chi connectivity index (χ1) is 8.75. The summed E-state index contributed by atoms with van der Waals surface area (Å²) >= 11 is 0. The second kappa shape index (κ2) is 4.38. The lowest BCUT2D eigenvalue weighted by molar-refractivity contribution is 0.162. The van der Waals surface area contributed by atoms with E-state index in [0.717, 1.165) is 29.9 Å². The van der Waals surface area contributed by atoms with E-state index in [9.17, 15) is 0 Å². The van der Waals surface area contributed by atoms with Crippen molar-refractivity contribution in [1.82, 2.24) is 15.3 Å². The molecule has 0 spiro atoms. The molecule has 0 bridgehead atoms. The minimum atomic E-state index is 0.504. The van der Waals surface area contributed by atoms with Gasteiger partial charge in [-0.2, -0.15) is 4.98 Å². The van der Waals surface area contributed by atoms with Gasteiger partial charge in [0.05, 0.1) is 24.5 Å².